The van der Waals surface area contributed by atoms with Gasteiger partial charge in [0.05, 0.1) is 23.2 Å². The Labute approximate surface area is 237 Å². The standard InChI is InChI=1S/C30H28N4O6S/c1-3-5-13-25-33-28(35)27(29(36)34(25)24(4-2)20-10-8-9-19(16-20)17-31)41(39,40)26-15-14-21(18-32-26)22-11-6-7-12-23(22)30(37)38/h6-12,14-16,18,24,36H,3-5,13H2,1-2H3,(H,37,38)/t24-/m0/s1. The number of benzene rings is 2. The Bertz CT molecular complexity index is 1810. The van der Waals surface area contributed by atoms with Crippen LogP contribution in [0.15, 0.2) is 81.6 Å². The Balaban J connectivity index is 1.87. The summed E-state index contributed by atoms with van der Waals surface area (Å²) in [6, 6.07) is 17.0. The van der Waals surface area contributed by atoms with E-state index in [1.54, 1.807) is 42.5 Å². The summed E-state index contributed by atoms with van der Waals surface area (Å²) in [5, 5.41) is 29.8. The fraction of sp³-hybridized carbons (Fsp3) is 0.233. The highest BCUT2D eigenvalue weighted by Crippen LogP contribution is 2.34. The molecule has 210 valence electrons. The van der Waals surface area contributed by atoms with Crippen LogP contribution in [0.5, 0.6) is 5.88 Å². The summed E-state index contributed by atoms with van der Waals surface area (Å²) < 4.78 is 28.8. The SMILES string of the molecule is CCCCc1nc(=O)c(S(=O)(=O)c2ccc(-c3ccccc3C(=O)O)cn2)c(O)n1[C@@H](CC)c1cccc(C#N)c1. The van der Waals surface area contributed by atoms with Crippen molar-refractivity contribution >= 4 is 15.8 Å². The number of nitrogens with zero attached hydrogens (tertiary/aromatic N) is 4. The van der Waals surface area contributed by atoms with Gasteiger partial charge in [-0.2, -0.15) is 10.2 Å². The zero-order chi connectivity index (χ0) is 29.7. The van der Waals surface area contributed by atoms with E-state index < -0.39 is 43.2 Å². The Hall–Kier alpha value is -4.82. The number of hydrogen-bond acceptors (Lipinski definition) is 8. The van der Waals surface area contributed by atoms with E-state index in [0.29, 0.717) is 41.5 Å². The van der Waals surface area contributed by atoms with Gasteiger partial charge in [0.15, 0.2) is 5.03 Å². The predicted molar refractivity (Wildman–Crippen MR) is 150 cm³/mol. The first kappa shape index (κ1) is 29.2. The molecule has 0 radical (unpaired) electrons. The lowest BCUT2D eigenvalue weighted by Crippen LogP contribution is -2.27. The molecule has 41 heavy (non-hydrogen) atoms. The monoisotopic (exact) mass is 572 g/mol. The molecule has 4 rings (SSSR count). The maximum Gasteiger partial charge on any atom is 0.336 e. The van der Waals surface area contributed by atoms with E-state index in [1.165, 1.54) is 22.9 Å². The number of hydrogen-bond donors (Lipinski definition) is 2. The van der Waals surface area contributed by atoms with Crippen LogP contribution >= 0.6 is 0 Å². The third-order valence-corrected chi connectivity index (χ3v) is 8.42. The van der Waals surface area contributed by atoms with Gasteiger partial charge in [0.1, 0.15) is 5.82 Å². The molecule has 4 aromatic rings. The summed E-state index contributed by atoms with van der Waals surface area (Å²) in [5.74, 6) is -1.67. The summed E-state index contributed by atoms with van der Waals surface area (Å²) in [4.78, 5) is 32.0. The minimum absolute atomic E-state index is 0.0170. The van der Waals surface area contributed by atoms with E-state index in [4.69, 9.17) is 0 Å². The second-order valence-electron chi connectivity index (χ2n) is 9.36. The van der Waals surface area contributed by atoms with Gasteiger partial charge in [0.25, 0.3) is 5.56 Å². The number of sulfone groups is 1. The Morgan fingerprint density at radius 3 is 2.49 bits per heavy atom. The Morgan fingerprint density at radius 1 is 1.10 bits per heavy atom. The summed E-state index contributed by atoms with van der Waals surface area (Å²) in [6.07, 6.45) is 3.35. The molecule has 11 heteroatoms. The average molecular weight is 573 g/mol. The molecule has 0 unspecified atom stereocenters. The van der Waals surface area contributed by atoms with E-state index in [0.717, 1.165) is 12.5 Å². The molecule has 0 saturated carbocycles. The number of aromatic carboxylic acids is 1. The fourth-order valence-corrected chi connectivity index (χ4v) is 5.99. The van der Waals surface area contributed by atoms with Gasteiger partial charge in [-0.1, -0.05) is 50.6 Å². The lowest BCUT2D eigenvalue weighted by molar-refractivity contribution is 0.0697. The molecule has 0 aliphatic carbocycles. The molecule has 10 nitrogen and oxygen atoms in total. The molecule has 0 aliphatic heterocycles. The van der Waals surface area contributed by atoms with E-state index in [2.05, 4.69) is 16.0 Å². The molecule has 0 saturated heterocycles. The van der Waals surface area contributed by atoms with Crippen LogP contribution in [0.25, 0.3) is 11.1 Å². The van der Waals surface area contributed by atoms with Gasteiger partial charge in [-0.05, 0) is 54.3 Å². The van der Waals surface area contributed by atoms with Crippen molar-refractivity contribution in [3.05, 3.63) is 99.7 Å². The number of aromatic nitrogens is 3. The zero-order valence-corrected chi connectivity index (χ0v) is 23.3. The third-order valence-electron chi connectivity index (χ3n) is 6.74. The Morgan fingerprint density at radius 2 is 1.85 bits per heavy atom. The van der Waals surface area contributed by atoms with Crippen molar-refractivity contribution in [1.82, 2.24) is 14.5 Å². The number of aryl methyl sites for hydroxylation is 1. The molecular weight excluding hydrogens is 544 g/mol. The maximum absolute atomic E-state index is 13.7. The predicted octanol–water partition coefficient (Wildman–Crippen LogP) is 4.76. The number of carboxylic acid groups (broad SMARTS) is 1. The van der Waals surface area contributed by atoms with Gasteiger partial charge in [-0.15, -0.1) is 0 Å². The average Bonchev–Trinajstić information content (AvgIpc) is 2.97. The summed E-state index contributed by atoms with van der Waals surface area (Å²) >= 11 is 0. The highest BCUT2D eigenvalue weighted by atomic mass is 32.2. The number of pyridine rings is 1. The van der Waals surface area contributed by atoms with Crippen LogP contribution in [0.3, 0.4) is 0 Å². The minimum Gasteiger partial charge on any atom is -0.493 e. The molecule has 0 amide bonds. The second kappa shape index (κ2) is 12.1. The summed E-state index contributed by atoms with van der Waals surface area (Å²) in [6.45, 7) is 3.80. The highest BCUT2D eigenvalue weighted by Gasteiger charge is 2.32. The van der Waals surface area contributed by atoms with Crippen molar-refractivity contribution in [1.29, 1.82) is 5.26 Å². The lowest BCUT2D eigenvalue weighted by atomic mass is 10.0. The van der Waals surface area contributed by atoms with Crippen LogP contribution in [-0.4, -0.2) is 39.1 Å². The molecule has 0 spiro atoms. The molecule has 2 N–H and O–H groups in total. The largest absolute Gasteiger partial charge is 0.493 e. The first-order chi connectivity index (χ1) is 19.6. The molecular formula is C30H28N4O6S. The van der Waals surface area contributed by atoms with Gasteiger partial charge >= 0.3 is 5.97 Å². The van der Waals surface area contributed by atoms with Crippen LogP contribution in [-0.2, 0) is 16.3 Å². The molecule has 0 aliphatic rings. The van der Waals surface area contributed by atoms with Gasteiger partial charge in [-0.25, -0.2) is 18.2 Å². The van der Waals surface area contributed by atoms with Crippen molar-refractivity contribution in [3.8, 4) is 23.1 Å². The topological polar surface area (TPSA) is 163 Å². The van der Waals surface area contributed by atoms with Crippen LogP contribution in [0.1, 0.15) is 66.5 Å². The van der Waals surface area contributed by atoms with Gasteiger partial charge in [-0.3, -0.25) is 9.36 Å². The molecule has 1 atom stereocenters. The van der Waals surface area contributed by atoms with E-state index in [-0.39, 0.29) is 11.4 Å². The van der Waals surface area contributed by atoms with Crippen molar-refractivity contribution in [2.24, 2.45) is 0 Å². The minimum atomic E-state index is -4.65. The van der Waals surface area contributed by atoms with Crippen LogP contribution in [0, 0.1) is 11.3 Å². The number of carboxylic acids is 1. The summed E-state index contributed by atoms with van der Waals surface area (Å²) in [7, 11) is -4.65. The van der Waals surface area contributed by atoms with Gasteiger partial charge < -0.3 is 10.2 Å². The van der Waals surface area contributed by atoms with E-state index >= 15 is 0 Å². The van der Waals surface area contributed by atoms with Gasteiger partial charge in [0, 0.05) is 18.2 Å². The van der Waals surface area contributed by atoms with Crippen molar-refractivity contribution < 1.29 is 23.4 Å². The number of carbonyl (C=O) groups is 1. The first-order valence-electron chi connectivity index (χ1n) is 13.0. The molecule has 2 aromatic carbocycles. The molecule has 0 fully saturated rings. The summed E-state index contributed by atoms with van der Waals surface area (Å²) in [5.41, 5.74) is 0.657. The van der Waals surface area contributed by atoms with Crippen molar-refractivity contribution in [3.63, 3.8) is 0 Å². The van der Waals surface area contributed by atoms with Crippen LogP contribution < -0.4 is 5.56 Å². The fourth-order valence-electron chi connectivity index (χ4n) is 4.73. The molecule has 0 bridgehead atoms. The third kappa shape index (κ3) is 5.73. The van der Waals surface area contributed by atoms with E-state index in [1.807, 2.05) is 13.8 Å². The van der Waals surface area contributed by atoms with Crippen molar-refractivity contribution in [2.45, 2.75) is 55.5 Å². The quantitative estimate of drug-likeness (QED) is 0.273. The normalized spacial score (nSPS) is 12.0. The molecule has 2 aromatic heterocycles. The van der Waals surface area contributed by atoms with Crippen molar-refractivity contribution in [2.75, 3.05) is 0 Å². The zero-order valence-electron chi connectivity index (χ0n) is 22.5. The number of rotatable bonds is 10. The Kier molecular flexibility index (Phi) is 8.64. The molecule has 2 heterocycles. The smallest absolute Gasteiger partial charge is 0.336 e. The number of unbranched alkanes of at least 4 members (excludes halogenated alkanes) is 1. The lowest BCUT2D eigenvalue weighted by Gasteiger charge is -2.25. The van der Waals surface area contributed by atoms with Gasteiger partial charge in [0.2, 0.25) is 20.6 Å². The van der Waals surface area contributed by atoms with E-state index in [9.17, 15) is 33.5 Å². The van der Waals surface area contributed by atoms with Crippen LogP contribution in [0.2, 0.25) is 0 Å². The number of nitriles is 1. The number of aromatic hydroxyl groups is 1. The van der Waals surface area contributed by atoms with Crippen LogP contribution in [0.4, 0.5) is 0 Å². The first-order valence-corrected chi connectivity index (χ1v) is 14.5. The maximum atomic E-state index is 13.7. The second-order valence-corrected chi connectivity index (χ2v) is 11.2. The highest BCUT2D eigenvalue weighted by molar-refractivity contribution is 7.91.